The van der Waals surface area contributed by atoms with Gasteiger partial charge < -0.3 is 18.3 Å². The second-order valence-corrected chi connectivity index (χ2v) is 14.2. The van der Waals surface area contributed by atoms with E-state index in [0.717, 1.165) is 33.1 Å². The normalized spacial score (nSPS) is 15.8. The van der Waals surface area contributed by atoms with Gasteiger partial charge in [-0.2, -0.15) is 0 Å². The minimum Gasteiger partial charge on any atom is -0.309 e. The van der Waals surface area contributed by atoms with E-state index in [9.17, 15) is 4.11 Å². The van der Waals surface area contributed by atoms with Gasteiger partial charge in [0, 0.05) is 55.1 Å². The van der Waals surface area contributed by atoms with E-state index in [1.165, 1.54) is 4.57 Å². The fourth-order valence-corrected chi connectivity index (χ4v) is 8.87. The predicted octanol–water partition coefficient (Wildman–Crippen LogP) is 14.0. The molecular weight excluding hydrogens is 705 g/mol. The van der Waals surface area contributed by atoms with Crippen LogP contribution in [0.25, 0.3) is 110 Å². The maximum Gasteiger partial charge on any atom is 0.0667 e. The smallest absolute Gasteiger partial charge is 0.0667 e. The Labute approximate surface area is 354 Å². The number of hydrogen-bond acceptors (Lipinski definition) is 0. The van der Waals surface area contributed by atoms with Crippen molar-refractivity contribution in [1.82, 2.24) is 18.3 Å². The van der Waals surface area contributed by atoms with Crippen LogP contribution >= 0.6 is 0 Å². The van der Waals surface area contributed by atoms with Gasteiger partial charge in [0.1, 0.15) is 0 Å². The molecule has 13 rings (SSSR count). The molecule has 9 aromatic carbocycles. The van der Waals surface area contributed by atoms with Crippen LogP contribution in [0.3, 0.4) is 0 Å². The van der Waals surface area contributed by atoms with Crippen molar-refractivity contribution in [3.05, 3.63) is 206 Å². The highest BCUT2D eigenvalue weighted by Gasteiger charge is 2.23. The fourth-order valence-electron chi connectivity index (χ4n) is 8.87. The summed E-state index contributed by atoms with van der Waals surface area (Å²) in [4.78, 5) is 0. The van der Waals surface area contributed by atoms with Gasteiger partial charge in [-0.3, -0.25) is 0 Å². The van der Waals surface area contributed by atoms with Crippen molar-refractivity contribution >= 4 is 76.5 Å². The highest BCUT2D eigenvalue weighted by atomic mass is 15.0. The molecule has 13 aromatic rings. The van der Waals surface area contributed by atoms with Crippen LogP contribution in [0.4, 0.5) is 0 Å². The van der Waals surface area contributed by atoms with Crippen LogP contribution in [-0.4, -0.2) is 18.3 Å². The van der Waals surface area contributed by atoms with Crippen molar-refractivity contribution in [1.29, 1.82) is 0 Å². The molecule has 4 heterocycles. The molecule has 0 aliphatic heterocycles. The number of aromatic nitrogens is 4. The SMILES string of the molecule is [2H]c1c([2H])c([2H])c2c(c1[2H])c1c([2H])c([2H])c([2H])c([2H])c1n2-c1cccc(-c2cccc(-n3c4cccc5c4c4c3cccc4n5-c3c([2H])c([2H])c4c5c([2H])c([2H])c([2H])c([2H])c5n(-c5ccccc5)c4c3[2H])c2)c1. The summed E-state index contributed by atoms with van der Waals surface area (Å²) in [6.45, 7) is 0. The van der Waals surface area contributed by atoms with Gasteiger partial charge in [0.05, 0.1) is 64.7 Å². The first kappa shape index (κ1) is 20.4. The molecule has 4 nitrogen and oxygen atoms in total. The van der Waals surface area contributed by atoms with Gasteiger partial charge in [-0.25, -0.2) is 0 Å². The van der Waals surface area contributed by atoms with Crippen LogP contribution in [0.15, 0.2) is 206 Å². The minimum absolute atomic E-state index is 0.00308. The fraction of sp³-hybridized carbons (Fsp3) is 0. The zero-order chi connectivity index (χ0) is 51.0. The molecule has 0 fully saturated rings. The maximum absolute atomic E-state index is 10.00. The molecule has 0 bridgehead atoms. The van der Waals surface area contributed by atoms with E-state index in [1.54, 1.807) is 41.0 Å². The van der Waals surface area contributed by atoms with Crippen molar-refractivity contribution in [2.75, 3.05) is 0 Å². The number of hydrogen-bond donors (Lipinski definition) is 0. The van der Waals surface area contributed by atoms with Crippen molar-refractivity contribution in [3.8, 4) is 33.9 Å². The maximum atomic E-state index is 10.00. The number of nitrogens with zero attached hydrogens (tertiary/aromatic N) is 4. The molecule has 0 N–H and O–H groups in total. The van der Waals surface area contributed by atoms with Crippen molar-refractivity contribution in [3.63, 3.8) is 0 Å². The molecule has 0 aliphatic carbocycles. The molecule has 4 aromatic heterocycles. The highest BCUT2D eigenvalue weighted by molar-refractivity contribution is 6.25. The second-order valence-electron chi connectivity index (χ2n) is 14.2. The van der Waals surface area contributed by atoms with E-state index in [4.69, 9.17) is 16.4 Å². The second kappa shape index (κ2) is 11.8. The summed E-state index contributed by atoms with van der Waals surface area (Å²) in [5.41, 5.74) is 6.65. The van der Waals surface area contributed by atoms with E-state index in [2.05, 4.69) is 4.57 Å². The molecule has 270 valence electrons. The van der Waals surface area contributed by atoms with E-state index >= 15 is 0 Å². The lowest BCUT2D eigenvalue weighted by Gasteiger charge is -2.14. The summed E-state index contributed by atoms with van der Waals surface area (Å²) >= 11 is 0. The standard InChI is InChI=1S/C54H34N4/c1-2-16-37(17-3-1)55-45-23-7-6-22-43(45)44-31-30-40(34-52(44)55)58-50-28-12-26-48-53(50)54-49(27-13-29-51(54)58)57(48)39-19-11-15-36(33-39)35-14-10-18-38(32-35)56-46-24-8-4-20-41(46)42-21-5-9-25-47(42)56/h1-34H/i4D,5D,6D,7D,8D,9D,20D,21D,22D,23D,24D,25D,30D,31D,34D. The Bertz CT molecular complexity index is 4480. The monoisotopic (exact) mass is 753 g/mol. The number of para-hydroxylation sites is 4. The van der Waals surface area contributed by atoms with E-state index < -0.39 is 48.3 Å². The van der Waals surface area contributed by atoms with Crippen molar-refractivity contribution in [2.24, 2.45) is 0 Å². The Kier molecular flexibility index (Phi) is 4.16. The van der Waals surface area contributed by atoms with E-state index in [-0.39, 0.29) is 91.6 Å². The molecule has 0 saturated carbocycles. The molecule has 0 radical (unpaired) electrons. The lowest BCUT2D eigenvalue weighted by molar-refractivity contribution is 1.15. The number of fused-ring (bicyclic) bond motifs is 6. The molecule has 0 aliphatic rings. The number of benzene rings is 9. The van der Waals surface area contributed by atoms with Crippen molar-refractivity contribution in [2.45, 2.75) is 0 Å². The van der Waals surface area contributed by atoms with Crippen LogP contribution in [-0.2, 0) is 0 Å². The van der Waals surface area contributed by atoms with Crippen LogP contribution in [0.2, 0.25) is 0 Å². The lowest BCUT2D eigenvalue weighted by Crippen LogP contribution is -1.99. The summed E-state index contributed by atoms with van der Waals surface area (Å²) in [6.07, 6.45) is 0. The third kappa shape index (κ3) is 4.29. The summed E-state index contributed by atoms with van der Waals surface area (Å²) in [5, 5.41) is 1.84. The summed E-state index contributed by atoms with van der Waals surface area (Å²) in [6, 6.07) is 29.7. The summed E-state index contributed by atoms with van der Waals surface area (Å²) < 4.78 is 141. The third-order valence-electron chi connectivity index (χ3n) is 11.2. The minimum atomic E-state index is -0.512. The summed E-state index contributed by atoms with van der Waals surface area (Å²) in [5.74, 6) is 0. The molecular formula is C54H34N4. The first-order valence-corrected chi connectivity index (χ1v) is 18.7. The van der Waals surface area contributed by atoms with Gasteiger partial charge in [-0.05, 0) is 102 Å². The molecule has 0 amide bonds. The van der Waals surface area contributed by atoms with Crippen LogP contribution in [0.5, 0.6) is 0 Å². The van der Waals surface area contributed by atoms with Gasteiger partial charge in [0.15, 0.2) is 0 Å². The first-order valence-electron chi connectivity index (χ1n) is 26.2. The van der Waals surface area contributed by atoms with Gasteiger partial charge in [-0.15, -0.1) is 0 Å². The van der Waals surface area contributed by atoms with Gasteiger partial charge in [0.25, 0.3) is 0 Å². The molecule has 4 heteroatoms. The Morgan fingerprint density at radius 2 is 0.690 bits per heavy atom. The largest absolute Gasteiger partial charge is 0.309 e. The first-order chi connectivity index (χ1) is 35.0. The lowest BCUT2D eigenvalue weighted by atomic mass is 10.0. The Hall–Kier alpha value is -7.82. The average Bonchev–Trinajstić information content (AvgIpc) is 4.17. The average molecular weight is 754 g/mol. The number of rotatable bonds is 5. The molecule has 0 atom stereocenters. The molecule has 0 unspecified atom stereocenters. The zero-order valence-corrected chi connectivity index (χ0v) is 30.3. The van der Waals surface area contributed by atoms with E-state index in [0.29, 0.717) is 28.0 Å². The Morgan fingerprint density at radius 1 is 0.293 bits per heavy atom. The summed E-state index contributed by atoms with van der Waals surface area (Å²) in [7, 11) is 0. The van der Waals surface area contributed by atoms with E-state index in [1.807, 2.05) is 83.4 Å². The van der Waals surface area contributed by atoms with Gasteiger partial charge in [-0.1, -0.05) is 115 Å². The molecule has 58 heavy (non-hydrogen) atoms. The zero-order valence-electron chi connectivity index (χ0n) is 45.3. The van der Waals surface area contributed by atoms with Crippen molar-refractivity contribution < 1.29 is 20.6 Å². The topological polar surface area (TPSA) is 19.7 Å². The van der Waals surface area contributed by atoms with Gasteiger partial charge >= 0.3 is 0 Å². The predicted molar refractivity (Wildman–Crippen MR) is 243 cm³/mol. The van der Waals surface area contributed by atoms with Crippen LogP contribution in [0, 0.1) is 0 Å². The Balaban J connectivity index is 1.02. The van der Waals surface area contributed by atoms with Gasteiger partial charge in [0.2, 0.25) is 0 Å². The Morgan fingerprint density at radius 3 is 1.21 bits per heavy atom. The molecule has 0 spiro atoms. The third-order valence-corrected chi connectivity index (χ3v) is 11.2. The quantitative estimate of drug-likeness (QED) is 0.167. The van der Waals surface area contributed by atoms with Crippen LogP contribution < -0.4 is 0 Å². The highest BCUT2D eigenvalue weighted by Crippen LogP contribution is 2.44. The van der Waals surface area contributed by atoms with Crippen LogP contribution in [0.1, 0.15) is 20.6 Å². The molecule has 0 saturated heterocycles.